The quantitative estimate of drug-likeness (QED) is 0.845. The SMILES string of the molecule is CCCC1=C(C(=O)OC)C(c2cc(C)sc2C)C(C#N)=C(C)N1. The van der Waals surface area contributed by atoms with E-state index in [9.17, 15) is 10.1 Å². The zero-order valence-corrected chi connectivity index (χ0v) is 15.1. The van der Waals surface area contributed by atoms with Crippen molar-refractivity contribution in [1.82, 2.24) is 5.32 Å². The lowest BCUT2D eigenvalue weighted by atomic mass is 9.80. The molecule has 1 atom stereocenters. The Morgan fingerprint density at radius 3 is 2.61 bits per heavy atom. The largest absolute Gasteiger partial charge is 0.466 e. The number of allylic oxidation sites excluding steroid dienone is 3. The number of aryl methyl sites for hydroxylation is 2. The molecule has 1 aliphatic heterocycles. The third kappa shape index (κ3) is 3.18. The molecule has 1 aromatic heterocycles. The van der Waals surface area contributed by atoms with E-state index in [0.29, 0.717) is 11.1 Å². The second kappa shape index (κ2) is 7.01. The smallest absolute Gasteiger partial charge is 0.336 e. The average Bonchev–Trinajstić information content (AvgIpc) is 2.84. The number of carbonyl (C=O) groups is 1. The summed E-state index contributed by atoms with van der Waals surface area (Å²) in [6, 6.07) is 4.37. The van der Waals surface area contributed by atoms with Crippen molar-refractivity contribution in [3.05, 3.63) is 43.9 Å². The van der Waals surface area contributed by atoms with Crippen LogP contribution in [0, 0.1) is 25.2 Å². The van der Waals surface area contributed by atoms with E-state index in [-0.39, 0.29) is 11.9 Å². The van der Waals surface area contributed by atoms with Gasteiger partial charge in [-0.1, -0.05) is 13.3 Å². The lowest BCUT2D eigenvalue weighted by Crippen LogP contribution is -2.29. The van der Waals surface area contributed by atoms with Crippen LogP contribution in [0.5, 0.6) is 0 Å². The van der Waals surface area contributed by atoms with Gasteiger partial charge in [0.05, 0.1) is 30.2 Å². The van der Waals surface area contributed by atoms with E-state index < -0.39 is 0 Å². The second-order valence-electron chi connectivity index (χ2n) is 5.71. The minimum atomic E-state index is -0.366. The van der Waals surface area contributed by atoms with Crippen molar-refractivity contribution in [2.45, 2.75) is 46.5 Å². The van der Waals surface area contributed by atoms with Crippen molar-refractivity contribution in [3.63, 3.8) is 0 Å². The van der Waals surface area contributed by atoms with Crippen LogP contribution < -0.4 is 5.32 Å². The standard InChI is InChI=1S/C18H22N2O2S/c1-6-7-15-17(18(21)22-5)16(14(9-19)11(3)20-15)13-8-10(2)23-12(13)4/h8,16,20H,6-7H2,1-5H3. The number of ether oxygens (including phenoxy) is 1. The van der Waals surface area contributed by atoms with Gasteiger partial charge in [-0.05, 0) is 38.8 Å². The molecule has 0 aliphatic carbocycles. The molecule has 0 saturated carbocycles. The molecule has 2 heterocycles. The summed E-state index contributed by atoms with van der Waals surface area (Å²) >= 11 is 1.69. The number of dihydropyridines is 1. The summed E-state index contributed by atoms with van der Waals surface area (Å²) < 4.78 is 5.03. The molecule has 122 valence electrons. The van der Waals surface area contributed by atoms with Gasteiger partial charge < -0.3 is 10.1 Å². The second-order valence-corrected chi connectivity index (χ2v) is 7.17. The maximum Gasteiger partial charge on any atom is 0.336 e. The Labute approximate surface area is 141 Å². The Kier molecular flexibility index (Phi) is 5.27. The maximum atomic E-state index is 12.5. The number of thiophene rings is 1. The van der Waals surface area contributed by atoms with Crippen LogP contribution in [0.15, 0.2) is 28.6 Å². The molecule has 23 heavy (non-hydrogen) atoms. The van der Waals surface area contributed by atoms with E-state index >= 15 is 0 Å². The van der Waals surface area contributed by atoms with Crippen LogP contribution in [-0.4, -0.2) is 13.1 Å². The number of hydrogen-bond acceptors (Lipinski definition) is 5. The van der Waals surface area contributed by atoms with E-state index in [4.69, 9.17) is 4.74 Å². The van der Waals surface area contributed by atoms with Gasteiger partial charge in [-0.2, -0.15) is 5.26 Å². The molecule has 0 radical (unpaired) electrons. The van der Waals surface area contributed by atoms with Crippen LogP contribution in [-0.2, 0) is 9.53 Å². The summed E-state index contributed by atoms with van der Waals surface area (Å²) in [7, 11) is 1.39. The van der Waals surface area contributed by atoms with Crippen molar-refractivity contribution >= 4 is 17.3 Å². The lowest BCUT2D eigenvalue weighted by Gasteiger charge is -2.29. The van der Waals surface area contributed by atoms with E-state index in [0.717, 1.165) is 34.7 Å². The molecule has 0 bridgehead atoms. The van der Waals surface area contributed by atoms with Gasteiger partial charge in [0.1, 0.15) is 0 Å². The van der Waals surface area contributed by atoms with E-state index in [1.165, 1.54) is 12.0 Å². The number of nitriles is 1. The molecular formula is C18H22N2O2S. The Hall–Kier alpha value is -2.06. The summed E-state index contributed by atoms with van der Waals surface area (Å²) in [5.74, 6) is -0.713. The predicted octanol–water partition coefficient (Wildman–Crippen LogP) is 4.08. The summed E-state index contributed by atoms with van der Waals surface area (Å²) in [6.07, 6.45) is 1.66. The molecule has 1 unspecified atom stereocenters. The number of esters is 1. The van der Waals surface area contributed by atoms with Crippen LogP contribution >= 0.6 is 11.3 Å². The summed E-state index contributed by atoms with van der Waals surface area (Å²) in [4.78, 5) is 14.8. The van der Waals surface area contributed by atoms with Crippen molar-refractivity contribution < 1.29 is 9.53 Å². The molecule has 2 rings (SSSR count). The summed E-state index contributed by atoms with van der Waals surface area (Å²) in [6.45, 7) is 8.04. The molecule has 5 heteroatoms. The topological polar surface area (TPSA) is 62.1 Å². The van der Waals surface area contributed by atoms with E-state index in [1.54, 1.807) is 11.3 Å². The normalized spacial score (nSPS) is 17.8. The molecule has 0 spiro atoms. The molecule has 1 aliphatic rings. The van der Waals surface area contributed by atoms with Crippen LogP contribution in [0.4, 0.5) is 0 Å². The van der Waals surface area contributed by atoms with E-state index in [2.05, 4.69) is 24.4 Å². The number of rotatable bonds is 4. The average molecular weight is 330 g/mol. The first-order valence-corrected chi connectivity index (χ1v) is 8.52. The Morgan fingerprint density at radius 1 is 1.43 bits per heavy atom. The Balaban J connectivity index is 2.71. The highest BCUT2D eigenvalue weighted by Gasteiger charge is 2.36. The predicted molar refractivity (Wildman–Crippen MR) is 91.9 cm³/mol. The van der Waals surface area contributed by atoms with Crippen LogP contribution in [0.25, 0.3) is 0 Å². The first kappa shape index (κ1) is 17.3. The van der Waals surface area contributed by atoms with Crippen molar-refractivity contribution in [2.24, 2.45) is 0 Å². The van der Waals surface area contributed by atoms with Gasteiger partial charge in [0, 0.05) is 21.1 Å². The number of nitrogens with zero attached hydrogens (tertiary/aromatic N) is 1. The molecule has 1 N–H and O–H groups in total. The van der Waals surface area contributed by atoms with Crippen LogP contribution in [0.1, 0.15) is 47.9 Å². The van der Waals surface area contributed by atoms with Gasteiger partial charge in [-0.25, -0.2) is 4.79 Å². The molecular weight excluding hydrogens is 308 g/mol. The number of nitrogens with one attached hydrogen (secondary N) is 1. The molecule has 0 fully saturated rings. The highest BCUT2D eigenvalue weighted by Crippen LogP contribution is 2.42. The number of carbonyl (C=O) groups excluding carboxylic acids is 1. The van der Waals surface area contributed by atoms with Crippen LogP contribution in [0.2, 0.25) is 0 Å². The van der Waals surface area contributed by atoms with Gasteiger partial charge >= 0.3 is 5.97 Å². The fraction of sp³-hybridized carbons (Fsp3) is 0.444. The third-order valence-electron chi connectivity index (χ3n) is 4.06. The first-order chi connectivity index (χ1) is 10.9. The zero-order valence-electron chi connectivity index (χ0n) is 14.2. The first-order valence-electron chi connectivity index (χ1n) is 7.70. The summed E-state index contributed by atoms with van der Waals surface area (Å²) in [5.41, 5.74) is 3.86. The zero-order chi connectivity index (χ0) is 17.1. The highest BCUT2D eigenvalue weighted by atomic mass is 32.1. The van der Waals surface area contributed by atoms with Gasteiger partial charge in [0.15, 0.2) is 0 Å². The number of hydrogen-bond donors (Lipinski definition) is 1. The summed E-state index contributed by atoms with van der Waals surface area (Å²) in [5, 5.41) is 12.9. The maximum absolute atomic E-state index is 12.5. The number of methoxy groups -OCH3 is 1. The Bertz CT molecular complexity index is 735. The van der Waals surface area contributed by atoms with Gasteiger partial charge in [-0.15, -0.1) is 11.3 Å². The molecule has 1 aromatic rings. The monoisotopic (exact) mass is 330 g/mol. The Morgan fingerprint density at radius 2 is 2.13 bits per heavy atom. The molecule has 0 aromatic carbocycles. The third-order valence-corrected chi connectivity index (χ3v) is 5.04. The fourth-order valence-corrected chi connectivity index (χ4v) is 4.05. The van der Waals surface area contributed by atoms with Crippen molar-refractivity contribution in [3.8, 4) is 6.07 Å². The minimum absolute atomic E-state index is 0.347. The van der Waals surface area contributed by atoms with Gasteiger partial charge in [0.2, 0.25) is 0 Å². The van der Waals surface area contributed by atoms with Gasteiger partial charge in [-0.3, -0.25) is 0 Å². The van der Waals surface area contributed by atoms with Gasteiger partial charge in [0.25, 0.3) is 0 Å². The molecule has 0 amide bonds. The molecule has 0 saturated heterocycles. The minimum Gasteiger partial charge on any atom is -0.466 e. The van der Waals surface area contributed by atoms with Crippen molar-refractivity contribution in [2.75, 3.05) is 7.11 Å². The van der Waals surface area contributed by atoms with E-state index in [1.807, 2.05) is 20.8 Å². The van der Waals surface area contributed by atoms with Crippen molar-refractivity contribution in [1.29, 1.82) is 5.26 Å². The molecule has 4 nitrogen and oxygen atoms in total. The van der Waals surface area contributed by atoms with Crippen LogP contribution in [0.3, 0.4) is 0 Å². The fourth-order valence-electron chi connectivity index (χ4n) is 3.09. The lowest BCUT2D eigenvalue weighted by molar-refractivity contribution is -0.136. The highest BCUT2D eigenvalue weighted by molar-refractivity contribution is 7.12.